The minimum absolute atomic E-state index is 0.0131. The van der Waals surface area contributed by atoms with Gasteiger partial charge in [-0.25, -0.2) is 0 Å². The summed E-state index contributed by atoms with van der Waals surface area (Å²) in [6.45, 7) is 12.4. The monoisotopic (exact) mass is 516 g/mol. The lowest BCUT2D eigenvalue weighted by atomic mass is 10.1. The number of hydrogen-bond acceptors (Lipinski definition) is 8. The molecule has 0 saturated heterocycles. The van der Waals surface area contributed by atoms with Crippen LogP contribution in [0.25, 0.3) is 0 Å². The zero-order chi connectivity index (χ0) is 27.0. The van der Waals surface area contributed by atoms with E-state index in [1.54, 1.807) is 0 Å². The Labute approximate surface area is 219 Å². The van der Waals surface area contributed by atoms with Crippen LogP contribution in [0.2, 0.25) is 0 Å². The van der Waals surface area contributed by atoms with Crippen molar-refractivity contribution in [1.29, 1.82) is 0 Å². The van der Waals surface area contributed by atoms with Crippen LogP contribution in [-0.4, -0.2) is 88.4 Å². The highest BCUT2D eigenvalue weighted by atomic mass is 16.5. The number of aliphatic carboxylic acids is 1. The molecule has 0 fully saturated rings. The fourth-order valence-electron chi connectivity index (χ4n) is 4.54. The van der Waals surface area contributed by atoms with Crippen LogP contribution in [-0.2, 0) is 9.59 Å². The Bertz CT molecular complexity index is 538. The first-order valence-corrected chi connectivity index (χ1v) is 14.4. The molecule has 9 heteroatoms. The van der Waals surface area contributed by atoms with Gasteiger partial charge in [-0.2, -0.15) is 11.0 Å². The van der Waals surface area contributed by atoms with Crippen LogP contribution in [0.3, 0.4) is 0 Å². The van der Waals surface area contributed by atoms with Crippen molar-refractivity contribution in [3.8, 4) is 0 Å². The predicted octanol–water partition coefficient (Wildman–Crippen LogP) is 4.46. The Morgan fingerprint density at radius 3 is 1.44 bits per heavy atom. The standard InChI is InChI=1S/C27H56N4O5/c1-4-6-19-31(23-15-11-17-26(29-36)27(33)34)21-13-9-7-8-12-20-30(18-5-2)22-14-10-16-25(28-35)24(3)32/h25-26,28-29,35-36H,4-23H2,1-3H3,(H,33,34)/t25-,26-/m0/s1. The maximum Gasteiger partial charge on any atom is 0.323 e. The Morgan fingerprint density at radius 1 is 0.611 bits per heavy atom. The Kier molecular flexibility index (Phi) is 23.5. The summed E-state index contributed by atoms with van der Waals surface area (Å²) in [5, 5.41) is 26.9. The van der Waals surface area contributed by atoms with Crippen molar-refractivity contribution in [2.24, 2.45) is 0 Å². The van der Waals surface area contributed by atoms with E-state index in [9.17, 15) is 9.59 Å². The average molecular weight is 517 g/mol. The molecule has 5 N–H and O–H groups in total. The topological polar surface area (TPSA) is 125 Å². The second-order valence-electron chi connectivity index (χ2n) is 10.1. The third-order valence-electron chi connectivity index (χ3n) is 6.85. The number of nitrogens with zero attached hydrogens (tertiary/aromatic N) is 2. The number of carbonyl (C=O) groups is 2. The maximum absolute atomic E-state index is 11.4. The molecular formula is C27H56N4O5. The maximum atomic E-state index is 11.4. The number of hydroxylamine groups is 2. The number of Topliss-reactive ketones (excluding diaryl/α,β-unsaturated/α-hetero) is 1. The summed E-state index contributed by atoms with van der Waals surface area (Å²) in [4.78, 5) is 27.4. The quantitative estimate of drug-likeness (QED) is 0.0794. The zero-order valence-corrected chi connectivity index (χ0v) is 23.3. The minimum Gasteiger partial charge on any atom is -0.480 e. The van der Waals surface area contributed by atoms with Crippen molar-refractivity contribution < 1.29 is 25.1 Å². The smallest absolute Gasteiger partial charge is 0.323 e. The molecule has 0 amide bonds. The number of unbranched alkanes of at least 4 members (excludes halogenated alkanes) is 7. The van der Waals surface area contributed by atoms with Crippen LogP contribution >= 0.6 is 0 Å². The van der Waals surface area contributed by atoms with Gasteiger partial charge < -0.3 is 25.3 Å². The van der Waals surface area contributed by atoms with Gasteiger partial charge in [-0.3, -0.25) is 9.59 Å². The first-order chi connectivity index (χ1) is 17.4. The zero-order valence-electron chi connectivity index (χ0n) is 23.3. The van der Waals surface area contributed by atoms with Gasteiger partial charge in [0.05, 0.1) is 6.04 Å². The molecule has 0 spiro atoms. The first kappa shape index (κ1) is 34.9. The molecule has 0 aliphatic heterocycles. The summed E-state index contributed by atoms with van der Waals surface area (Å²) >= 11 is 0. The summed E-state index contributed by atoms with van der Waals surface area (Å²) < 4.78 is 0. The number of nitrogens with one attached hydrogen (secondary N) is 2. The van der Waals surface area contributed by atoms with Gasteiger partial charge in [0.2, 0.25) is 0 Å². The molecular weight excluding hydrogens is 460 g/mol. The van der Waals surface area contributed by atoms with Gasteiger partial charge in [-0.15, -0.1) is 0 Å². The molecule has 36 heavy (non-hydrogen) atoms. The van der Waals surface area contributed by atoms with Crippen LogP contribution in [0.1, 0.15) is 111 Å². The largest absolute Gasteiger partial charge is 0.480 e. The molecule has 0 rings (SSSR count). The Balaban J connectivity index is 4.03. The van der Waals surface area contributed by atoms with Crippen LogP contribution in [0, 0.1) is 0 Å². The molecule has 0 aromatic heterocycles. The highest BCUT2D eigenvalue weighted by Crippen LogP contribution is 2.10. The number of rotatable bonds is 27. The van der Waals surface area contributed by atoms with E-state index in [1.165, 1.54) is 51.9 Å². The van der Waals surface area contributed by atoms with Crippen molar-refractivity contribution >= 4 is 11.8 Å². The number of carbonyl (C=O) groups excluding carboxylic acids is 1. The molecule has 0 radical (unpaired) electrons. The fourth-order valence-corrected chi connectivity index (χ4v) is 4.54. The van der Waals surface area contributed by atoms with Gasteiger partial charge in [0, 0.05) is 0 Å². The normalized spacial score (nSPS) is 13.4. The van der Waals surface area contributed by atoms with Crippen molar-refractivity contribution in [2.75, 3.05) is 39.3 Å². The second-order valence-corrected chi connectivity index (χ2v) is 10.1. The van der Waals surface area contributed by atoms with E-state index in [4.69, 9.17) is 15.5 Å². The molecule has 0 aliphatic carbocycles. The lowest BCUT2D eigenvalue weighted by Gasteiger charge is -2.23. The lowest BCUT2D eigenvalue weighted by Crippen LogP contribution is -2.34. The van der Waals surface area contributed by atoms with Crippen molar-refractivity contribution in [3.05, 3.63) is 0 Å². The minimum atomic E-state index is -1.00. The van der Waals surface area contributed by atoms with Gasteiger partial charge in [-0.05, 0) is 104 Å². The lowest BCUT2D eigenvalue weighted by molar-refractivity contribution is -0.142. The molecule has 2 atom stereocenters. The Hall–Kier alpha value is -1.10. The molecule has 0 aromatic carbocycles. The molecule has 214 valence electrons. The summed E-state index contributed by atoms with van der Waals surface area (Å²) in [5.41, 5.74) is 4.00. The van der Waals surface area contributed by atoms with E-state index in [0.29, 0.717) is 12.8 Å². The SMILES string of the molecule is CCCCN(CCCCCCCN(CCC)CCCC[C@H](NO)C(C)=O)CCCC[C@H](NO)C(=O)O. The summed E-state index contributed by atoms with van der Waals surface area (Å²) in [6, 6.07) is -1.31. The van der Waals surface area contributed by atoms with E-state index < -0.39 is 18.1 Å². The van der Waals surface area contributed by atoms with E-state index in [0.717, 1.165) is 71.4 Å². The molecule has 0 aromatic rings. The number of ketones is 1. The molecule has 0 aliphatic rings. The highest BCUT2D eigenvalue weighted by molar-refractivity contribution is 5.81. The van der Waals surface area contributed by atoms with Gasteiger partial charge in [0.15, 0.2) is 0 Å². The molecule has 0 saturated carbocycles. The first-order valence-electron chi connectivity index (χ1n) is 14.4. The summed E-state index contributed by atoms with van der Waals surface area (Å²) in [6.07, 6.45) is 14.5. The summed E-state index contributed by atoms with van der Waals surface area (Å²) in [5.74, 6) is -1.02. The summed E-state index contributed by atoms with van der Waals surface area (Å²) in [7, 11) is 0. The molecule has 9 nitrogen and oxygen atoms in total. The third-order valence-corrected chi connectivity index (χ3v) is 6.85. The van der Waals surface area contributed by atoms with Gasteiger partial charge in [0.25, 0.3) is 0 Å². The number of hydrogen-bond donors (Lipinski definition) is 5. The highest BCUT2D eigenvalue weighted by Gasteiger charge is 2.15. The third kappa shape index (κ3) is 19.1. The van der Waals surface area contributed by atoms with Crippen LogP contribution in [0.4, 0.5) is 0 Å². The van der Waals surface area contributed by atoms with Gasteiger partial charge in [-0.1, -0.05) is 46.0 Å². The second kappa shape index (κ2) is 24.2. The van der Waals surface area contributed by atoms with E-state index in [-0.39, 0.29) is 5.78 Å². The number of carboxylic acids is 1. The molecule has 0 bridgehead atoms. The van der Waals surface area contributed by atoms with Crippen LogP contribution < -0.4 is 11.0 Å². The van der Waals surface area contributed by atoms with Crippen LogP contribution in [0.5, 0.6) is 0 Å². The number of carboxylic acid groups (broad SMARTS) is 1. The van der Waals surface area contributed by atoms with Gasteiger partial charge in [0.1, 0.15) is 11.8 Å². The Morgan fingerprint density at radius 2 is 1.03 bits per heavy atom. The van der Waals surface area contributed by atoms with Crippen molar-refractivity contribution in [3.63, 3.8) is 0 Å². The van der Waals surface area contributed by atoms with Gasteiger partial charge >= 0.3 is 5.97 Å². The van der Waals surface area contributed by atoms with Crippen molar-refractivity contribution in [1.82, 2.24) is 20.8 Å². The van der Waals surface area contributed by atoms with E-state index in [2.05, 4.69) is 29.1 Å². The van der Waals surface area contributed by atoms with Crippen molar-refractivity contribution in [2.45, 2.75) is 123 Å². The molecule has 0 heterocycles. The van der Waals surface area contributed by atoms with E-state index in [1.807, 2.05) is 5.48 Å². The predicted molar refractivity (Wildman–Crippen MR) is 145 cm³/mol. The van der Waals surface area contributed by atoms with E-state index >= 15 is 0 Å². The fraction of sp³-hybridized carbons (Fsp3) is 0.926. The van der Waals surface area contributed by atoms with Crippen LogP contribution in [0.15, 0.2) is 0 Å². The molecule has 0 unspecified atom stereocenters. The average Bonchev–Trinajstić information content (AvgIpc) is 2.85.